The Morgan fingerprint density at radius 2 is 2.11 bits per heavy atom. The van der Waals surface area contributed by atoms with Gasteiger partial charge in [0, 0.05) is 18.4 Å². The summed E-state index contributed by atoms with van der Waals surface area (Å²) in [5.41, 5.74) is 3.54. The number of ketones is 1. The van der Waals surface area contributed by atoms with Crippen LogP contribution in [0.1, 0.15) is 41.3 Å². The fourth-order valence-electron chi connectivity index (χ4n) is 2.03. The molecule has 4 heteroatoms. The van der Waals surface area contributed by atoms with Crippen molar-refractivity contribution in [1.82, 2.24) is 14.8 Å². The maximum absolute atomic E-state index is 12.3. The van der Waals surface area contributed by atoms with Crippen molar-refractivity contribution < 1.29 is 4.79 Å². The topological polar surface area (TPSA) is 47.8 Å². The van der Waals surface area contributed by atoms with Crippen molar-refractivity contribution in [3.63, 3.8) is 0 Å². The van der Waals surface area contributed by atoms with Gasteiger partial charge in [0.15, 0.2) is 5.78 Å². The van der Waals surface area contributed by atoms with Crippen molar-refractivity contribution >= 4 is 5.78 Å². The van der Waals surface area contributed by atoms with Gasteiger partial charge in [-0.25, -0.2) is 0 Å². The molecule has 0 radical (unpaired) electrons. The van der Waals surface area contributed by atoms with E-state index in [9.17, 15) is 4.79 Å². The molecule has 0 N–H and O–H groups in total. The van der Waals surface area contributed by atoms with Gasteiger partial charge in [0.2, 0.25) is 0 Å². The lowest BCUT2D eigenvalue weighted by atomic mass is 10.1. The third-order valence-electron chi connectivity index (χ3n) is 3.12. The molecule has 0 aliphatic heterocycles. The van der Waals surface area contributed by atoms with Crippen molar-refractivity contribution in [2.75, 3.05) is 0 Å². The number of carbonyl (C=O) groups excluding carboxylic acids is 1. The third kappa shape index (κ3) is 3.08. The molecule has 2 aromatic heterocycles. The fraction of sp³-hybridized carbons (Fsp3) is 0.400. The highest BCUT2D eigenvalue weighted by Crippen LogP contribution is 2.09. The molecule has 0 spiro atoms. The molecule has 0 saturated carbocycles. The monoisotopic (exact) mass is 257 g/mol. The van der Waals surface area contributed by atoms with E-state index in [1.807, 2.05) is 38.2 Å². The molecular weight excluding hydrogens is 238 g/mol. The molecule has 2 heterocycles. The highest BCUT2D eigenvalue weighted by molar-refractivity contribution is 5.95. The van der Waals surface area contributed by atoms with Crippen LogP contribution >= 0.6 is 0 Å². The quantitative estimate of drug-likeness (QED) is 0.773. The largest absolute Gasteiger partial charge is 0.292 e. The average molecular weight is 257 g/mol. The van der Waals surface area contributed by atoms with Crippen LogP contribution < -0.4 is 0 Å². The maximum atomic E-state index is 12.3. The molecule has 0 amide bonds. The van der Waals surface area contributed by atoms with Crippen LogP contribution in [0, 0.1) is 6.92 Å². The molecule has 2 aromatic rings. The molecule has 0 unspecified atom stereocenters. The van der Waals surface area contributed by atoms with E-state index in [-0.39, 0.29) is 5.78 Å². The van der Waals surface area contributed by atoms with E-state index in [1.54, 1.807) is 4.68 Å². The minimum atomic E-state index is 0.0687. The lowest BCUT2D eigenvalue weighted by Gasteiger charge is -2.04. The van der Waals surface area contributed by atoms with Gasteiger partial charge in [0.05, 0.1) is 12.1 Å². The molecule has 0 aromatic carbocycles. The second-order valence-corrected chi connectivity index (χ2v) is 4.60. The summed E-state index contributed by atoms with van der Waals surface area (Å²) in [6.45, 7) is 6.68. The predicted molar refractivity (Wildman–Crippen MR) is 74.3 cm³/mol. The van der Waals surface area contributed by atoms with E-state index in [0.29, 0.717) is 18.7 Å². The first-order chi connectivity index (χ1) is 9.13. The third-order valence-corrected chi connectivity index (χ3v) is 3.12. The summed E-state index contributed by atoms with van der Waals surface area (Å²) in [4.78, 5) is 16.6. The highest BCUT2D eigenvalue weighted by atomic mass is 16.1. The molecule has 0 aliphatic carbocycles. The maximum Gasteiger partial charge on any atom is 0.186 e. The van der Waals surface area contributed by atoms with Gasteiger partial charge >= 0.3 is 0 Å². The van der Waals surface area contributed by atoms with Gasteiger partial charge in [-0.15, -0.1) is 0 Å². The molecule has 0 fully saturated rings. The standard InChI is InChI=1S/C15H19N3O/c1-4-12-6-7-13(16-10-12)9-15(19)14-8-11(3)17-18(14)5-2/h6-8,10H,4-5,9H2,1-3H3. The Morgan fingerprint density at radius 1 is 1.32 bits per heavy atom. The van der Waals surface area contributed by atoms with Gasteiger partial charge in [-0.05, 0) is 38.0 Å². The number of hydrogen-bond acceptors (Lipinski definition) is 3. The molecule has 4 nitrogen and oxygen atoms in total. The minimum Gasteiger partial charge on any atom is -0.292 e. The smallest absolute Gasteiger partial charge is 0.186 e. The van der Waals surface area contributed by atoms with Crippen LogP contribution in [0.4, 0.5) is 0 Å². The van der Waals surface area contributed by atoms with Gasteiger partial charge in [0.1, 0.15) is 5.69 Å². The number of rotatable bonds is 5. The molecular formula is C15H19N3O. The van der Waals surface area contributed by atoms with Gasteiger partial charge in [0.25, 0.3) is 0 Å². The number of aromatic nitrogens is 3. The first-order valence-electron chi connectivity index (χ1n) is 6.65. The van der Waals surface area contributed by atoms with Crippen LogP contribution in [0.2, 0.25) is 0 Å². The Bertz CT molecular complexity index is 570. The zero-order valence-corrected chi connectivity index (χ0v) is 11.7. The number of nitrogens with zero attached hydrogens (tertiary/aromatic N) is 3. The van der Waals surface area contributed by atoms with Crippen molar-refractivity contribution in [3.8, 4) is 0 Å². The summed E-state index contributed by atoms with van der Waals surface area (Å²) in [7, 11) is 0. The van der Waals surface area contributed by atoms with E-state index in [1.165, 1.54) is 5.56 Å². The van der Waals surface area contributed by atoms with E-state index >= 15 is 0 Å². The van der Waals surface area contributed by atoms with Gasteiger partial charge in [-0.3, -0.25) is 14.5 Å². The molecule has 2 rings (SSSR count). The number of aryl methyl sites for hydroxylation is 3. The second-order valence-electron chi connectivity index (χ2n) is 4.60. The van der Waals surface area contributed by atoms with Crippen LogP contribution in [0.5, 0.6) is 0 Å². The Labute approximate surface area is 113 Å². The minimum absolute atomic E-state index is 0.0687. The van der Waals surface area contributed by atoms with Crippen LogP contribution in [0.25, 0.3) is 0 Å². The Balaban J connectivity index is 2.15. The number of Topliss-reactive ketones (excluding diaryl/α,β-unsaturated/α-hetero) is 1. The predicted octanol–water partition coefficient (Wildman–Crippen LogP) is 2.59. The normalized spacial score (nSPS) is 10.7. The molecule has 0 atom stereocenters. The number of pyridine rings is 1. The van der Waals surface area contributed by atoms with Gasteiger partial charge in [-0.1, -0.05) is 13.0 Å². The Hall–Kier alpha value is -1.97. The summed E-state index contributed by atoms with van der Waals surface area (Å²) in [6, 6.07) is 5.79. The van der Waals surface area contributed by atoms with Crippen LogP contribution in [0.15, 0.2) is 24.4 Å². The van der Waals surface area contributed by atoms with Gasteiger partial charge in [-0.2, -0.15) is 5.10 Å². The van der Waals surface area contributed by atoms with E-state index < -0.39 is 0 Å². The molecule has 19 heavy (non-hydrogen) atoms. The molecule has 0 saturated heterocycles. The van der Waals surface area contributed by atoms with Crippen LogP contribution in [0.3, 0.4) is 0 Å². The first-order valence-corrected chi connectivity index (χ1v) is 6.65. The SMILES string of the molecule is CCc1ccc(CC(=O)c2cc(C)nn2CC)nc1. The summed E-state index contributed by atoms with van der Waals surface area (Å²) in [5, 5.41) is 4.29. The van der Waals surface area contributed by atoms with Crippen LogP contribution in [-0.2, 0) is 19.4 Å². The van der Waals surface area contributed by atoms with E-state index in [2.05, 4.69) is 17.0 Å². The number of carbonyl (C=O) groups is 1. The zero-order valence-electron chi connectivity index (χ0n) is 11.7. The van der Waals surface area contributed by atoms with Crippen molar-refractivity contribution in [1.29, 1.82) is 0 Å². The van der Waals surface area contributed by atoms with Crippen LogP contribution in [-0.4, -0.2) is 20.5 Å². The van der Waals surface area contributed by atoms with Crippen molar-refractivity contribution in [2.24, 2.45) is 0 Å². The highest BCUT2D eigenvalue weighted by Gasteiger charge is 2.14. The average Bonchev–Trinajstić information content (AvgIpc) is 2.81. The fourth-order valence-corrected chi connectivity index (χ4v) is 2.03. The summed E-state index contributed by atoms with van der Waals surface area (Å²) in [6.07, 6.45) is 3.13. The molecule has 0 aliphatic rings. The first kappa shape index (κ1) is 13.5. The van der Waals surface area contributed by atoms with E-state index in [4.69, 9.17) is 0 Å². The van der Waals surface area contributed by atoms with Crippen molar-refractivity contribution in [2.45, 2.75) is 40.2 Å². The zero-order chi connectivity index (χ0) is 13.8. The van der Waals surface area contributed by atoms with Gasteiger partial charge < -0.3 is 0 Å². The number of hydrogen-bond donors (Lipinski definition) is 0. The second kappa shape index (κ2) is 5.78. The summed E-state index contributed by atoms with van der Waals surface area (Å²) >= 11 is 0. The Morgan fingerprint density at radius 3 is 2.68 bits per heavy atom. The lowest BCUT2D eigenvalue weighted by molar-refractivity contribution is 0.0981. The molecule has 100 valence electrons. The molecule has 0 bridgehead atoms. The Kier molecular flexibility index (Phi) is 4.10. The summed E-state index contributed by atoms with van der Waals surface area (Å²) in [5.74, 6) is 0.0687. The lowest BCUT2D eigenvalue weighted by Crippen LogP contribution is -2.12. The summed E-state index contributed by atoms with van der Waals surface area (Å²) < 4.78 is 1.75. The van der Waals surface area contributed by atoms with Crippen molar-refractivity contribution in [3.05, 3.63) is 47.0 Å². The van der Waals surface area contributed by atoms with E-state index in [0.717, 1.165) is 17.8 Å².